The van der Waals surface area contributed by atoms with Crippen molar-refractivity contribution in [1.29, 1.82) is 0 Å². The summed E-state index contributed by atoms with van der Waals surface area (Å²) < 4.78 is 0. The highest BCUT2D eigenvalue weighted by molar-refractivity contribution is 5.95. The number of amides is 4. The third-order valence-electron chi connectivity index (χ3n) is 7.22. The summed E-state index contributed by atoms with van der Waals surface area (Å²) in [7, 11) is 0. The summed E-state index contributed by atoms with van der Waals surface area (Å²) in [5.74, 6) is -7.40. The molecule has 258 valence electrons. The van der Waals surface area contributed by atoms with Gasteiger partial charge in [-0.05, 0) is 70.4 Å². The molecule has 0 aliphatic carbocycles. The van der Waals surface area contributed by atoms with E-state index in [1.807, 2.05) is 0 Å². The average Bonchev–Trinajstić information content (AvgIpc) is 2.98. The highest BCUT2D eigenvalue weighted by atomic mass is 16.4. The van der Waals surface area contributed by atoms with Crippen LogP contribution in [0.2, 0.25) is 0 Å². The minimum atomic E-state index is -1.44. The molecule has 0 saturated heterocycles. The van der Waals surface area contributed by atoms with Gasteiger partial charge in [-0.1, -0.05) is 20.3 Å². The van der Waals surface area contributed by atoms with Gasteiger partial charge >= 0.3 is 17.9 Å². The number of hydrogen-bond acceptors (Lipinski definition) is 10. The van der Waals surface area contributed by atoms with Gasteiger partial charge in [0, 0.05) is 12.8 Å². The number of nitrogens with one attached hydrogen (secondary N) is 4. The van der Waals surface area contributed by atoms with Crippen molar-refractivity contribution in [3.05, 3.63) is 0 Å². The van der Waals surface area contributed by atoms with Crippen molar-refractivity contribution < 1.29 is 48.9 Å². The molecule has 0 saturated carbocycles. The maximum atomic E-state index is 13.4. The molecule has 13 N–H and O–H groups in total. The van der Waals surface area contributed by atoms with Gasteiger partial charge in [0.2, 0.25) is 23.6 Å². The van der Waals surface area contributed by atoms with Crippen molar-refractivity contribution in [2.45, 2.75) is 115 Å². The minimum absolute atomic E-state index is 0.0896. The Labute approximate surface area is 262 Å². The van der Waals surface area contributed by atoms with Crippen LogP contribution in [0.4, 0.5) is 0 Å². The van der Waals surface area contributed by atoms with Crippen LogP contribution in [-0.4, -0.2) is 100 Å². The van der Waals surface area contributed by atoms with Gasteiger partial charge in [0.25, 0.3) is 0 Å². The highest BCUT2D eigenvalue weighted by Gasteiger charge is 2.33. The number of nitrogens with two attached hydrogens (primary N) is 3. The number of carboxylic acids is 3. The van der Waals surface area contributed by atoms with Gasteiger partial charge < -0.3 is 53.8 Å². The molecule has 4 amide bonds. The third kappa shape index (κ3) is 17.3. The van der Waals surface area contributed by atoms with Crippen molar-refractivity contribution >= 4 is 41.5 Å². The van der Waals surface area contributed by atoms with Gasteiger partial charge in [-0.2, -0.15) is 0 Å². The van der Waals surface area contributed by atoms with Gasteiger partial charge in [0.1, 0.15) is 24.2 Å². The minimum Gasteiger partial charge on any atom is -0.481 e. The van der Waals surface area contributed by atoms with E-state index in [0.717, 1.165) is 0 Å². The lowest BCUT2D eigenvalue weighted by molar-refractivity contribution is -0.143. The Balaban J connectivity index is 5.95. The summed E-state index contributed by atoms with van der Waals surface area (Å²) in [6, 6.07) is -6.32. The van der Waals surface area contributed by atoms with Crippen LogP contribution < -0.4 is 38.5 Å². The molecular formula is C28H51N7O10. The number of carboxylic acid groups (broad SMARTS) is 3. The van der Waals surface area contributed by atoms with Crippen molar-refractivity contribution in [1.82, 2.24) is 21.3 Å². The molecule has 0 unspecified atom stereocenters. The molecule has 6 atom stereocenters. The van der Waals surface area contributed by atoms with Crippen LogP contribution in [0.5, 0.6) is 0 Å². The monoisotopic (exact) mass is 645 g/mol. The molecule has 0 rings (SSSR count). The Morgan fingerprint density at radius 2 is 1.04 bits per heavy atom. The molecule has 0 bridgehead atoms. The Morgan fingerprint density at radius 1 is 0.600 bits per heavy atom. The third-order valence-corrected chi connectivity index (χ3v) is 7.22. The summed E-state index contributed by atoms with van der Waals surface area (Å²) in [5.41, 5.74) is 16.8. The summed E-state index contributed by atoms with van der Waals surface area (Å²) in [4.78, 5) is 86.4. The van der Waals surface area contributed by atoms with Crippen LogP contribution in [0.1, 0.15) is 84.5 Å². The average molecular weight is 646 g/mol. The molecule has 0 aliphatic rings. The maximum absolute atomic E-state index is 13.4. The zero-order valence-electron chi connectivity index (χ0n) is 26.1. The molecule has 17 nitrogen and oxygen atoms in total. The van der Waals surface area contributed by atoms with E-state index in [-0.39, 0.29) is 32.1 Å². The molecular weight excluding hydrogens is 594 g/mol. The van der Waals surface area contributed by atoms with Gasteiger partial charge in [-0.3, -0.25) is 28.8 Å². The van der Waals surface area contributed by atoms with Crippen molar-refractivity contribution in [3.8, 4) is 0 Å². The Hall–Kier alpha value is -3.83. The molecule has 0 fully saturated rings. The van der Waals surface area contributed by atoms with Crippen LogP contribution in [0.3, 0.4) is 0 Å². The fourth-order valence-electron chi connectivity index (χ4n) is 4.23. The second-order valence-electron chi connectivity index (χ2n) is 10.9. The largest absolute Gasteiger partial charge is 0.481 e. The maximum Gasteiger partial charge on any atom is 0.326 e. The number of unbranched alkanes of at least 4 members (excludes halogenated alkanes) is 2. The fraction of sp³-hybridized carbons (Fsp3) is 0.750. The number of carbonyl (C=O) groups is 7. The second kappa shape index (κ2) is 22.6. The smallest absolute Gasteiger partial charge is 0.326 e. The fourth-order valence-corrected chi connectivity index (χ4v) is 4.23. The van der Waals surface area contributed by atoms with Crippen LogP contribution in [0.25, 0.3) is 0 Å². The Kier molecular flexibility index (Phi) is 20.7. The van der Waals surface area contributed by atoms with E-state index >= 15 is 0 Å². The van der Waals surface area contributed by atoms with E-state index in [9.17, 15) is 43.8 Å². The summed E-state index contributed by atoms with van der Waals surface area (Å²) in [6.07, 6.45) is 1.08. The molecule has 17 heteroatoms. The van der Waals surface area contributed by atoms with Crippen LogP contribution >= 0.6 is 0 Å². The van der Waals surface area contributed by atoms with E-state index in [0.29, 0.717) is 45.2 Å². The van der Waals surface area contributed by atoms with E-state index < -0.39 is 84.1 Å². The molecule has 0 aromatic rings. The number of aliphatic carboxylic acids is 3. The Bertz CT molecular complexity index is 997. The molecule has 0 heterocycles. The quantitative estimate of drug-likeness (QED) is 0.0499. The van der Waals surface area contributed by atoms with Crippen LogP contribution in [0, 0.1) is 5.92 Å². The zero-order valence-corrected chi connectivity index (χ0v) is 26.1. The highest BCUT2D eigenvalue weighted by Crippen LogP contribution is 2.12. The number of rotatable bonds is 25. The topological polar surface area (TPSA) is 306 Å². The Morgan fingerprint density at radius 3 is 1.53 bits per heavy atom. The first-order chi connectivity index (χ1) is 21.2. The first-order valence-electron chi connectivity index (χ1n) is 15.2. The van der Waals surface area contributed by atoms with E-state index in [1.54, 1.807) is 13.8 Å². The molecule has 0 aliphatic heterocycles. The van der Waals surface area contributed by atoms with Gasteiger partial charge in [-0.25, -0.2) is 4.79 Å². The number of carbonyl (C=O) groups excluding carboxylic acids is 4. The predicted octanol–water partition coefficient (Wildman–Crippen LogP) is -1.63. The lowest BCUT2D eigenvalue weighted by atomic mass is 9.96. The normalized spacial score (nSPS) is 15.0. The molecule has 0 spiro atoms. The lowest BCUT2D eigenvalue weighted by Gasteiger charge is -2.28. The van der Waals surface area contributed by atoms with E-state index in [2.05, 4.69) is 21.3 Å². The standard InChI is InChI=1S/C28H51N7O10/c1-3-16(2)23(27(43)34-20(28(44)45)9-5-7-15-30)35-26(42)19(11-13-22(38)39)33-25(41)18(8-4-6-14-29)32-24(40)17(31)10-12-21(36)37/h16-20,23H,3-15,29-31H2,1-2H3,(H,32,40)(H,33,41)(H,34,43)(H,35,42)(H,36,37)(H,38,39)(H,44,45)/t16-,17-,18-,19-,20-,23-/m0/s1. The molecule has 0 radical (unpaired) electrons. The lowest BCUT2D eigenvalue weighted by Crippen LogP contribution is -2.59. The summed E-state index contributed by atoms with van der Waals surface area (Å²) in [5, 5.41) is 37.6. The molecule has 0 aromatic carbocycles. The van der Waals surface area contributed by atoms with Gasteiger partial charge in [0.15, 0.2) is 0 Å². The first-order valence-corrected chi connectivity index (χ1v) is 15.2. The second-order valence-corrected chi connectivity index (χ2v) is 10.9. The summed E-state index contributed by atoms with van der Waals surface area (Å²) in [6.45, 7) is 4.08. The molecule has 45 heavy (non-hydrogen) atoms. The summed E-state index contributed by atoms with van der Waals surface area (Å²) >= 11 is 0. The van der Waals surface area contributed by atoms with E-state index in [4.69, 9.17) is 22.3 Å². The van der Waals surface area contributed by atoms with Crippen LogP contribution in [-0.2, 0) is 33.6 Å². The molecule has 0 aromatic heterocycles. The van der Waals surface area contributed by atoms with Crippen LogP contribution in [0.15, 0.2) is 0 Å². The predicted molar refractivity (Wildman–Crippen MR) is 162 cm³/mol. The van der Waals surface area contributed by atoms with Crippen molar-refractivity contribution in [2.75, 3.05) is 13.1 Å². The SMILES string of the molecule is CC[C@H](C)[C@H](NC(=O)[C@H](CCC(=O)O)NC(=O)[C@H](CCCCN)NC(=O)[C@@H](N)CCC(=O)O)C(=O)N[C@@H](CCCCN)C(=O)O. The zero-order chi connectivity index (χ0) is 34.5. The van der Waals surface area contributed by atoms with Gasteiger partial charge in [0.05, 0.1) is 6.04 Å². The van der Waals surface area contributed by atoms with Crippen molar-refractivity contribution in [3.63, 3.8) is 0 Å². The van der Waals surface area contributed by atoms with Gasteiger partial charge in [-0.15, -0.1) is 0 Å². The van der Waals surface area contributed by atoms with Crippen molar-refractivity contribution in [2.24, 2.45) is 23.1 Å². The van der Waals surface area contributed by atoms with E-state index in [1.165, 1.54) is 0 Å². The number of hydrogen-bond donors (Lipinski definition) is 10. The first kappa shape index (κ1) is 41.2.